The van der Waals surface area contributed by atoms with Gasteiger partial charge in [-0.1, -0.05) is 60.1 Å². The van der Waals surface area contributed by atoms with Crippen molar-refractivity contribution < 1.29 is 109 Å². The molecule has 10 unspecified atom stereocenters. The minimum Gasteiger partial charge on any atom is -0.479 e. The molecule has 8 fully saturated rings. The first-order valence-corrected chi connectivity index (χ1v) is 26.6. The predicted octanol–water partition coefficient (Wildman–Crippen LogP) is -0.665. The van der Waals surface area contributed by atoms with E-state index in [0.717, 1.165) is 32.1 Å². The first-order valence-electron chi connectivity index (χ1n) is 26.6. The molecule has 422 valence electrons. The molecule has 5 aliphatic carbocycles. The molecule has 4 aliphatic heterocycles. The van der Waals surface area contributed by atoms with Gasteiger partial charge in [0.25, 0.3) is 0 Å². The number of carboxylic acid groups (broad SMARTS) is 1. The van der Waals surface area contributed by atoms with Gasteiger partial charge in [-0.2, -0.15) is 0 Å². The topological polar surface area (TPSA) is 351 Å². The number of rotatable bonds is 10. The van der Waals surface area contributed by atoms with E-state index in [0.29, 0.717) is 32.1 Å². The predicted molar refractivity (Wildman–Crippen MR) is 251 cm³/mol. The van der Waals surface area contributed by atoms with Gasteiger partial charge in [-0.25, -0.2) is 4.79 Å². The van der Waals surface area contributed by atoms with Crippen molar-refractivity contribution in [3.63, 3.8) is 0 Å². The van der Waals surface area contributed by atoms with Crippen LogP contribution < -0.4 is 0 Å². The smallest absolute Gasteiger partial charge is 0.335 e. The van der Waals surface area contributed by atoms with Gasteiger partial charge in [0.1, 0.15) is 79.4 Å². The number of aliphatic carboxylic acids is 1. The number of fused-ring (bicyclic) bond motifs is 7. The number of hydrogen-bond acceptors (Lipinski definition) is 21. The molecule has 26 atom stereocenters. The second-order valence-corrected chi connectivity index (χ2v) is 25.4. The third-order valence-corrected chi connectivity index (χ3v) is 20.6. The van der Waals surface area contributed by atoms with Crippen molar-refractivity contribution in [3.05, 3.63) is 11.6 Å². The van der Waals surface area contributed by atoms with Crippen molar-refractivity contribution >= 4 is 11.9 Å². The summed E-state index contributed by atoms with van der Waals surface area (Å²) in [4.78, 5) is 27.7. The Hall–Kier alpha value is -2.04. The highest BCUT2D eigenvalue weighted by Gasteiger charge is 2.70. The van der Waals surface area contributed by atoms with Gasteiger partial charge in [0.05, 0.1) is 31.3 Å². The number of aliphatic hydroxyl groups excluding tert-OH is 11. The van der Waals surface area contributed by atoms with Crippen LogP contribution in [0.5, 0.6) is 0 Å². The van der Waals surface area contributed by atoms with Gasteiger partial charge in [0.2, 0.25) is 6.29 Å². The monoisotopic (exact) mass is 1060 g/mol. The highest BCUT2D eigenvalue weighted by molar-refractivity contribution is 5.79. The summed E-state index contributed by atoms with van der Waals surface area (Å²) in [5.74, 6) is -2.08. The lowest BCUT2D eigenvalue weighted by Crippen LogP contribution is -2.68. The van der Waals surface area contributed by atoms with Gasteiger partial charge in [0, 0.05) is 0 Å². The molecule has 4 heterocycles. The van der Waals surface area contributed by atoms with E-state index >= 15 is 0 Å². The van der Waals surface area contributed by atoms with E-state index in [1.165, 1.54) is 5.57 Å². The number of carboxylic acids is 1. The fourth-order valence-corrected chi connectivity index (χ4v) is 15.9. The van der Waals surface area contributed by atoms with E-state index in [9.17, 15) is 70.9 Å². The van der Waals surface area contributed by atoms with Crippen molar-refractivity contribution in [2.75, 3.05) is 19.8 Å². The average Bonchev–Trinajstić information content (AvgIpc) is 3.34. The van der Waals surface area contributed by atoms with Crippen LogP contribution in [0.25, 0.3) is 0 Å². The van der Waals surface area contributed by atoms with Crippen molar-refractivity contribution in [1.29, 1.82) is 0 Å². The summed E-state index contributed by atoms with van der Waals surface area (Å²) in [5, 5.41) is 127. The van der Waals surface area contributed by atoms with Crippen LogP contribution >= 0.6 is 0 Å². The molecule has 0 bridgehead atoms. The highest BCUT2D eigenvalue weighted by Crippen LogP contribution is 2.76. The van der Waals surface area contributed by atoms with E-state index in [4.69, 9.17) is 37.9 Å². The average molecular weight is 1060 g/mol. The molecule has 22 nitrogen and oxygen atoms in total. The lowest BCUT2D eigenvalue weighted by Gasteiger charge is -2.71. The Labute approximate surface area is 430 Å². The standard InChI is InChI=1S/C52H82O22/c1-47(2)14-16-52(46(66)74-44-36(62)33(59)32(58)26(19-53)69-44)17-15-50(6)22(23(52)18-47)8-9-28-49(5)12-11-29(48(3,4)27(49)10-13-51(28,50)7)70-45-39(72-43-35(61)31(57)25(55)21-68-43)37(63)38(40(73-45)41(64)65)71-42-34(60)30(56)24(54)20-67-42/h8,23-40,42-45,53-63H,9-21H2,1-7H3,(H,64,65)/t23?,24-,25+,26?,27?,28?,29+,30?,31-,32+,33-,34?,35?,36?,37-,38-,39?,40?,42-,43-,44-,45+,49+,50-,51-,52-/m0/s1. The second-order valence-electron chi connectivity index (χ2n) is 25.4. The molecule has 9 aliphatic rings. The lowest BCUT2D eigenvalue weighted by atomic mass is 9.33. The summed E-state index contributed by atoms with van der Waals surface area (Å²) in [7, 11) is 0. The molecule has 22 heteroatoms. The first kappa shape index (κ1) is 56.7. The largest absolute Gasteiger partial charge is 0.479 e. The Kier molecular flexibility index (Phi) is 15.5. The summed E-state index contributed by atoms with van der Waals surface area (Å²) in [6.07, 6.45) is -21.9. The molecule has 0 spiro atoms. The van der Waals surface area contributed by atoms with Crippen LogP contribution in [0.2, 0.25) is 0 Å². The van der Waals surface area contributed by atoms with E-state index in [-0.39, 0.29) is 39.4 Å². The van der Waals surface area contributed by atoms with Gasteiger partial charge in [-0.15, -0.1) is 0 Å². The van der Waals surface area contributed by atoms with E-state index in [1.54, 1.807) is 0 Å². The summed E-state index contributed by atoms with van der Waals surface area (Å²) < 4.78 is 47.5. The third-order valence-electron chi connectivity index (χ3n) is 20.6. The zero-order chi connectivity index (χ0) is 54.0. The van der Waals surface area contributed by atoms with Crippen LogP contribution in [0.1, 0.15) is 113 Å². The fourth-order valence-electron chi connectivity index (χ4n) is 15.9. The van der Waals surface area contributed by atoms with Crippen molar-refractivity contribution in [1.82, 2.24) is 0 Å². The first-order chi connectivity index (χ1) is 34.6. The molecule has 0 amide bonds. The maximum atomic E-state index is 14.8. The molecule has 0 aromatic heterocycles. The normalized spacial score (nSPS) is 53.0. The summed E-state index contributed by atoms with van der Waals surface area (Å²) in [6.45, 7) is 14.2. The Morgan fingerprint density at radius 3 is 1.82 bits per heavy atom. The Morgan fingerprint density at radius 2 is 1.22 bits per heavy atom. The van der Waals surface area contributed by atoms with Gasteiger partial charge in [0.15, 0.2) is 25.0 Å². The van der Waals surface area contributed by atoms with Gasteiger partial charge in [-0.3, -0.25) is 4.79 Å². The maximum Gasteiger partial charge on any atom is 0.335 e. The summed E-state index contributed by atoms with van der Waals surface area (Å²) in [5.41, 5.74) is -1.25. The third kappa shape index (κ3) is 9.12. The van der Waals surface area contributed by atoms with E-state index in [1.807, 2.05) is 0 Å². The Balaban J connectivity index is 0.975. The molecule has 0 aromatic rings. The Bertz CT molecular complexity index is 2090. The molecule has 74 heavy (non-hydrogen) atoms. The number of allylic oxidation sites excluding steroid dienone is 2. The number of carbonyl (C=O) groups is 2. The number of ether oxygens (including phenoxy) is 8. The molecular weight excluding hydrogens is 977 g/mol. The van der Waals surface area contributed by atoms with Gasteiger partial charge >= 0.3 is 11.9 Å². The van der Waals surface area contributed by atoms with Crippen LogP contribution in [-0.2, 0) is 47.5 Å². The number of aliphatic hydroxyl groups is 11. The molecule has 4 saturated heterocycles. The number of carbonyl (C=O) groups excluding carboxylic acids is 1. The molecule has 12 N–H and O–H groups in total. The second kappa shape index (κ2) is 20.3. The van der Waals surface area contributed by atoms with Crippen LogP contribution in [-0.4, -0.2) is 210 Å². The molecule has 9 rings (SSSR count). The quantitative estimate of drug-likeness (QED) is 0.0734. The van der Waals surface area contributed by atoms with Crippen LogP contribution in [0.3, 0.4) is 0 Å². The maximum absolute atomic E-state index is 14.8. The zero-order valence-corrected chi connectivity index (χ0v) is 43.4. The molecule has 0 radical (unpaired) electrons. The van der Waals surface area contributed by atoms with E-state index in [2.05, 4.69) is 54.5 Å². The van der Waals surface area contributed by atoms with Crippen LogP contribution in [0.4, 0.5) is 0 Å². The minimum atomic E-state index is -1.96. The van der Waals surface area contributed by atoms with E-state index < -0.39 is 159 Å². The van der Waals surface area contributed by atoms with Gasteiger partial charge < -0.3 is 99.2 Å². The molecular formula is C52H82O22. The minimum absolute atomic E-state index is 0.0428. The summed E-state index contributed by atoms with van der Waals surface area (Å²) >= 11 is 0. The fraction of sp³-hybridized carbons (Fsp3) is 0.923. The van der Waals surface area contributed by atoms with Crippen LogP contribution in [0.15, 0.2) is 11.6 Å². The van der Waals surface area contributed by atoms with Gasteiger partial charge in [-0.05, 0) is 109 Å². The number of esters is 1. The zero-order valence-electron chi connectivity index (χ0n) is 43.4. The highest BCUT2D eigenvalue weighted by atomic mass is 16.8. The Morgan fingerprint density at radius 1 is 0.622 bits per heavy atom. The molecule has 4 saturated carbocycles. The molecule has 0 aromatic carbocycles. The van der Waals surface area contributed by atoms with Crippen molar-refractivity contribution in [2.24, 2.45) is 50.2 Å². The van der Waals surface area contributed by atoms with Crippen molar-refractivity contribution in [3.8, 4) is 0 Å². The summed E-state index contributed by atoms with van der Waals surface area (Å²) in [6, 6.07) is 0. The lowest BCUT2D eigenvalue weighted by molar-refractivity contribution is -0.382. The van der Waals surface area contributed by atoms with Crippen molar-refractivity contribution in [2.45, 2.75) is 229 Å². The SMILES string of the molecule is CC1(C)CC[C@]2(C(=O)O[C@@H]3OC(CO)[C@@H](O)[C@H](O)C3O)CC[C@@]3(C)C(=CCC4[C@]5(C)CC[C@@H](O[C@@H]6OC(C(=O)O)[C@@H](O[C@@H]7OC[C@H](O)C(O)C7O)[C@H](O)C6O[C@@H]6OC[C@@H](O)[C@H](O)C6O)C(C)(C)C5CC[C@@]43C)C2C1. The number of hydrogen-bond donors (Lipinski definition) is 12. The van der Waals surface area contributed by atoms with Crippen LogP contribution in [0, 0.1) is 50.2 Å².